The van der Waals surface area contributed by atoms with Crippen LogP contribution in [0, 0.1) is 11.7 Å². The zero-order chi connectivity index (χ0) is 16.5. The van der Waals surface area contributed by atoms with E-state index in [2.05, 4.69) is 17.0 Å². The van der Waals surface area contributed by atoms with Gasteiger partial charge < -0.3 is 9.80 Å². The van der Waals surface area contributed by atoms with Crippen molar-refractivity contribution in [3.05, 3.63) is 66.0 Å². The minimum Gasteiger partial charge on any atom is -0.368 e. The first kappa shape index (κ1) is 15.2. The van der Waals surface area contributed by atoms with E-state index < -0.39 is 0 Å². The highest BCUT2D eigenvalue weighted by Crippen LogP contribution is 2.48. The zero-order valence-corrected chi connectivity index (χ0v) is 13.6. The van der Waals surface area contributed by atoms with Gasteiger partial charge in [0.25, 0.3) is 0 Å². The molecule has 0 spiro atoms. The maximum absolute atomic E-state index is 13.0. The van der Waals surface area contributed by atoms with E-state index >= 15 is 0 Å². The molecule has 2 aromatic rings. The van der Waals surface area contributed by atoms with Crippen molar-refractivity contribution in [1.29, 1.82) is 0 Å². The summed E-state index contributed by atoms with van der Waals surface area (Å²) >= 11 is 0. The van der Waals surface area contributed by atoms with E-state index in [1.807, 2.05) is 23.1 Å². The first-order chi connectivity index (χ1) is 11.7. The van der Waals surface area contributed by atoms with Crippen LogP contribution in [0.15, 0.2) is 54.6 Å². The average molecular weight is 324 g/mol. The molecule has 1 aliphatic heterocycles. The Morgan fingerprint density at radius 3 is 2.25 bits per heavy atom. The molecule has 1 saturated heterocycles. The second-order valence-electron chi connectivity index (χ2n) is 6.65. The maximum atomic E-state index is 13.0. The van der Waals surface area contributed by atoms with Crippen LogP contribution in [0.3, 0.4) is 0 Å². The number of carbonyl (C=O) groups excluding carboxylic acids is 1. The van der Waals surface area contributed by atoms with Crippen LogP contribution in [0.1, 0.15) is 17.9 Å². The van der Waals surface area contributed by atoms with Crippen LogP contribution in [-0.4, -0.2) is 37.0 Å². The SMILES string of the molecule is O=C(C1CC1c1ccc(F)cc1)N1CCN(c2ccccc2)CC1. The van der Waals surface area contributed by atoms with E-state index in [9.17, 15) is 9.18 Å². The number of hydrogen-bond donors (Lipinski definition) is 0. The molecule has 0 bridgehead atoms. The van der Waals surface area contributed by atoms with Crippen LogP contribution < -0.4 is 4.90 Å². The molecule has 0 aromatic heterocycles. The molecule has 2 fully saturated rings. The average Bonchev–Trinajstić information content (AvgIpc) is 3.43. The lowest BCUT2D eigenvalue weighted by atomic mass is 10.1. The number of anilines is 1. The first-order valence-electron chi connectivity index (χ1n) is 8.56. The summed E-state index contributed by atoms with van der Waals surface area (Å²) < 4.78 is 13.0. The largest absolute Gasteiger partial charge is 0.368 e. The smallest absolute Gasteiger partial charge is 0.226 e. The van der Waals surface area contributed by atoms with E-state index in [-0.39, 0.29) is 23.6 Å². The Hall–Kier alpha value is -2.36. The van der Waals surface area contributed by atoms with Crippen molar-refractivity contribution >= 4 is 11.6 Å². The molecular weight excluding hydrogens is 303 g/mol. The van der Waals surface area contributed by atoms with E-state index in [4.69, 9.17) is 0 Å². The number of amides is 1. The quantitative estimate of drug-likeness (QED) is 0.865. The van der Waals surface area contributed by atoms with Crippen LogP contribution >= 0.6 is 0 Å². The molecular formula is C20H21FN2O. The molecule has 2 aliphatic rings. The normalized spacial score (nSPS) is 23.2. The topological polar surface area (TPSA) is 23.6 Å². The van der Waals surface area contributed by atoms with Crippen molar-refractivity contribution in [3.63, 3.8) is 0 Å². The monoisotopic (exact) mass is 324 g/mol. The third kappa shape index (κ3) is 3.01. The van der Waals surface area contributed by atoms with E-state index in [1.165, 1.54) is 17.8 Å². The number of halogens is 1. The Morgan fingerprint density at radius 2 is 1.58 bits per heavy atom. The molecule has 2 atom stereocenters. The Bertz CT molecular complexity index is 708. The van der Waals surface area contributed by atoms with Gasteiger partial charge in [0, 0.05) is 37.8 Å². The van der Waals surface area contributed by atoms with Gasteiger partial charge in [-0.05, 0) is 42.2 Å². The van der Waals surface area contributed by atoms with Crippen molar-refractivity contribution in [1.82, 2.24) is 4.90 Å². The molecule has 24 heavy (non-hydrogen) atoms. The van der Waals surface area contributed by atoms with Crippen molar-refractivity contribution in [2.24, 2.45) is 5.92 Å². The van der Waals surface area contributed by atoms with Crippen molar-refractivity contribution in [2.45, 2.75) is 12.3 Å². The molecule has 2 unspecified atom stereocenters. The first-order valence-corrected chi connectivity index (χ1v) is 8.56. The summed E-state index contributed by atoms with van der Waals surface area (Å²) in [5, 5.41) is 0. The Labute approximate surface area is 141 Å². The lowest BCUT2D eigenvalue weighted by Gasteiger charge is -2.36. The van der Waals surface area contributed by atoms with Gasteiger partial charge >= 0.3 is 0 Å². The predicted octanol–water partition coefficient (Wildman–Crippen LogP) is 3.28. The van der Waals surface area contributed by atoms with Crippen LogP contribution in [-0.2, 0) is 4.79 Å². The molecule has 1 amide bonds. The van der Waals surface area contributed by atoms with Crippen LogP contribution in [0.5, 0.6) is 0 Å². The minimum absolute atomic E-state index is 0.0822. The molecule has 1 heterocycles. The second-order valence-corrected chi connectivity index (χ2v) is 6.65. The summed E-state index contributed by atoms with van der Waals surface area (Å²) in [4.78, 5) is 17.0. The highest BCUT2D eigenvalue weighted by atomic mass is 19.1. The highest BCUT2D eigenvalue weighted by Gasteiger charge is 2.46. The maximum Gasteiger partial charge on any atom is 0.226 e. The summed E-state index contributed by atoms with van der Waals surface area (Å²) in [6.07, 6.45) is 0.892. The fourth-order valence-corrected chi connectivity index (χ4v) is 3.60. The summed E-state index contributed by atoms with van der Waals surface area (Å²) in [5.74, 6) is 0.389. The molecule has 1 aliphatic carbocycles. The molecule has 2 aromatic carbocycles. The van der Waals surface area contributed by atoms with E-state index in [0.717, 1.165) is 38.2 Å². The minimum atomic E-state index is -0.223. The lowest BCUT2D eigenvalue weighted by molar-refractivity contribution is -0.132. The second kappa shape index (κ2) is 6.27. The van der Waals surface area contributed by atoms with E-state index in [1.54, 1.807) is 12.1 Å². The number of carbonyl (C=O) groups is 1. The third-order valence-corrected chi connectivity index (χ3v) is 5.12. The van der Waals surface area contributed by atoms with Gasteiger partial charge in [0.1, 0.15) is 5.82 Å². The van der Waals surface area contributed by atoms with Gasteiger partial charge in [0.2, 0.25) is 5.91 Å². The van der Waals surface area contributed by atoms with Gasteiger partial charge in [-0.1, -0.05) is 30.3 Å². The Morgan fingerprint density at radius 1 is 0.917 bits per heavy atom. The summed E-state index contributed by atoms with van der Waals surface area (Å²) in [5.41, 5.74) is 2.30. The summed E-state index contributed by atoms with van der Waals surface area (Å²) in [6.45, 7) is 3.31. The molecule has 124 valence electrons. The van der Waals surface area contributed by atoms with Gasteiger partial charge in [-0.15, -0.1) is 0 Å². The van der Waals surface area contributed by atoms with E-state index in [0.29, 0.717) is 0 Å². The predicted molar refractivity (Wildman–Crippen MR) is 92.5 cm³/mol. The van der Waals surface area contributed by atoms with Crippen LogP contribution in [0.4, 0.5) is 10.1 Å². The van der Waals surface area contributed by atoms with Gasteiger partial charge in [0.15, 0.2) is 0 Å². The summed E-state index contributed by atoms with van der Waals surface area (Å²) in [6, 6.07) is 16.9. The van der Waals surface area contributed by atoms with Crippen molar-refractivity contribution in [2.75, 3.05) is 31.1 Å². The standard InChI is InChI=1S/C20H21FN2O/c21-16-8-6-15(7-9-16)18-14-19(18)20(24)23-12-10-22(11-13-23)17-4-2-1-3-5-17/h1-9,18-19H,10-14H2. The van der Waals surface area contributed by atoms with Gasteiger partial charge in [-0.2, -0.15) is 0 Å². The number of rotatable bonds is 3. The molecule has 0 N–H and O–H groups in total. The number of hydrogen-bond acceptors (Lipinski definition) is 2. The number of benzene rings is 2. The number of piperazine rings is 1. The highest BCUT2D eigenvalue weighted by molar-refractivity contribution is 5.83. The van der Waals surface area contributed by atoms with Gasteiger partial charge in [-0.3, -0.25) is 4.79 Å². The number of para-hydroxylation sites is 1. The molecule has 4 rings (SSSR count). The Balaban J connectivity index is 1.33. The fourth-order valence-electron chi connectivity index (χ4n) is 3.60. The van der Waals surface area contributed by atoms with Crippen molar-refractivity contribution in [3.8, 4) is 0 Å². The summed E-state index contributed by atoms with van der Waals surface area (Å²) in [7, 11) is 0. The van der Waals surface area contributed by atoms with Gasteiger partial charge in [-0.25, -0.2) is 4.39 Å². The Kier molecular flexibility index (Phi) is 3.97. The van der Waals surface area contributed by atoms with Crippen molar-refractivity contribution < 1.29 is 9.18 Å². The van der Waals surface area contributed by atoms with Crippen LogP contribution in [0.25, 0.3) is 0 Å². The molecule has 1 saturated carbocycles. The lowest BCUT2D eigenvalue weighted by Crippen LogP contribution is -2.49. The molecule has 3 nitrogen and oxygen atoms in total. The zero-order valence-electron chi connectivity index (χ0n) is 13.6. The molecule has 4 heteroatoms. The molecule has 0 radical (unpaired) electrons. The van der Waals surface area contributed by atoms with Crippen LogP contribution in [0.2, 0.25) is 0 Å². The fraction of sp³-hybridized carbons (Fsp3) is 0.350. The third-order valence-electron chi connectivity index (χ3n) is 5.12. The number of nitrogens with zero attached hydrogens (tertiary/aromatic N) is 2. The van der Waals surface area contributed by atoms with Gasteiger partial charge in [0.05, 0.1) is 0 Å².